The van der Waals surface area contributed by atoms with E-state index in [0.717, 1.165) is 49.0 Å². The molecule has 1 aliphatic heterocycles. The van der Waals surface area contributed by atoms with E-state index in [1.54, 1.807) is 152 Å². The Bertz CT molecular complexity index is 3700. The third-order valence-corrected chi connectivity index (χ3v) is 22.7. The van der Waals surface area contributed by atoms with Gasteiger partial charge in [-0.2, -0.15) is 0 Å². The van der Waals surface area contributed by atoms with E-state index in [-0.39, 0.29) is 0 Å². The molecule has 0 aromatic carbocycles. The Morgan fingerprint density at radius 3 is 0.697 bits per heavy atom. The molecule has 0 saturated carbocycles. The van der Waals surface area contributed by atoms with Crippen LogP contribution in [0.25, 0.3) is 0 Å². The third kappa shape index (κ3) is 28.8. The molecule has 0 aromatic rings. The van der Waals surface area contributed by atoms with Crippen LogP contribution in [0.1, 0.15) is 187 Å². The highest BCUT2D eigenvalue weighted by Gasteiger charge is 2.47. The van der Waals surface area contributed by atoms with E-state index in [1.807, 2.05) is 0 Å². The molecule has 1 fully saturated rings. The Kier molecular flexibility index (Phi) is 43.4. The first kappa shape index (κ1) is 110. The smallest absolute Gasteiger partial charge is 0.248 e. The van der Waals surface area contributed by atoms with Gasteiger partial charge in [-0.3, -0.25) is 86.3 Å². The van der Waals surface area contributed by atoms with Gasteiger partial charge in [-0.05, 0) is 99.7 Å². The summed E-state index contributed by atoms with van der Waals surface area (Å²) in [5.41, 5.74) is 0. The molecule has 18 amide bonds. The van der Waals surface area contributed by atoms with Gasteiger partial charge in [0.2, 0.25) is 106 Å². The topological polar surface area (TPSA) is 456 Å². The van der Waals surface area contributed by atoms with Gasteiger partial charge in [0.15, 0.2) is 0 Å². The second-order valence-electron chi connectivity index (χ2n) is 36.9. The molecule has 1 unspecified atom stereocenters. The molecular weight excluding hydrogens is 1580 g/mol. The zero-order valence-electron chi connectivity index (χ0n) is 79.8. The van der Waals surface area contributed by atoms with Gasteiger partial charge >= 0.3 is 0 Å². The fourth-order valence-corrected chi connectivity index (χ4v) is 15.5. The minimum Gasteiger partial charge on any atom is -0.391 e. The standard InChI is InChI=1S/C85H152N18O19/c1-40(2)58-80(117)94(28)38-56(105)86-51(23)77(114)98(32)63(44(9)10)71(108)87-52(24)79(116)100(34)66(47(15)16)76(113)93-62(55(27)104)84(121)103(37)68(49(19)20)75(112)92-61(43(7)8)83(120)102(36)67(48(17)18)74(111)91-60(42(5)6)82(119)101(35)64(45(11)12)72(109)88-53(25)78(115)99(33)65(46(13)14)73(110)90-59(41(3)4)81(118)95(29)39-57(106)97(31)69(50(21)22)85(122)96(30)54(26)70(107)89-58/h40-55,58-69,104H,38-39H2,1-37H3,(H,86,105)(H,87,108)(H,88,109)(H,89,107)(H,90,110)(H,91,111)(H,92,112)(H,93,113)/t51-,52-,53-,54-,55?,58-,59-,60-,61-,62-,63-,64-,65-,66-,67-,68-,69-/m0/s1. The first-order chi connectivity index (χ1) is 55.8. The van der Waals surface area contributed by atoms with E-state index in [0.29, 0.717) is 0 Å². The maximum atomic E-state index is 14.9. The third-order valence-electron chi connectivity index (χ3n) is 22.7. The summed E-state index contributed by atoms with van der Waals surface area (Å²) in [6.07, 6.45) is -1.61. The molecule has 0 radical (unpaired) electrons. The summed E-state index contributed by atoms with van der Waals surface area (Å²) in [4.78, 5) is 272. The molecule has 17 atom stereocenters. The number of carbonyl (C=O) groups excluding carboxylic acids is 18. The summed E-state index contributed by atoms with van der Waals surface area (Å²) in [7, 11) is 13.4. The highest BCUT2D eigenvalue weighted by Crippen LogP contribution is 2.25. The number of nitrogens with one attached hydrogen (secondary N) is 8. The Balaban J connectivity index is 4.20. The Morgan fingerprint density at radius 1 is 0.230 bits per heavy atom. The summed E-state index contributed by atoms with van der Waals surface area (Å²) in [5, 5.41) is 32.9. The Hall–Kier alpha value is -9.58. The predicted molar refractivity (Wildman–Crippen MR) is 461 cm³/mol. The second kappa shape index (κ2) is 47.9. The number of hydrogen-bond acceptors (Lipinski definition) is 19. The van der Waals surface area contributed by atoms with Gasteiger partial charge in [0.25, 0.3) is 0 Å². The van der Waals surface area contributed by atoms with Crippen LogP contribution in [0.3, 0.4) is 0 Å². The molecule has 122 heavy (non-hydrogen) atoms. The van der Waals surface area contributed by atoms with Crippen LogP contribution in [0.4, 0.5) is 0 Å². The van der Waals surface area contributed by atoms with E-state index < -0.39 is 287 Å². The lowest BCUT2D eigenvalue weighted by atomic mass is 9.94. The summed E-state index contributed by atoms with van der Waals surface area (Å²) < 4.78 is 0. The minimum atomic E-state index is -1.74. The van der Waals surface area contributed by atoms with Crippen LogP contribution in [0.5, 0.6) is 0 Å². The van der Waals surface area contributed by atoms with Gasteiger partial charge < -0.3 is 96.6 Å². The molecule has 0 bridgehead atoms. The van der Waals surface area contributed by atoms with Gasteiger partial charge in [-0.25, -0.2) is 0 Å². The summed E-state index contributed by atoms with van der Waals surface area (Å²) >= 11 is 0. The molecule has 37 heteroatoms. The average Bonchev–Trinajstić information content (AvgIpc) is 0.804. The quantitative estimate of drug-likeness (QED) is 0.125. The predicted octanol–water partition coefficient (Wildman–Crippen LogP) is 0.0876. The van der Waals surface area contributed by atoms with Crippen LogP contribution in [-0.2, 0) is 86.3 Å². The van der Waals surface area contributed by atoms with Gasteiger partial charge in [0, 0.05) is 70.5 Å². The van der Waals surface area contributed by atoms with Crippen LogP contribution < -0.4 is 42.5 Å². The average molecular weight is 1730 g/mol. The highest BCUT2D eigenvalue weighted by molar-refractivity contribution is 6.02. The first-order valence-corrected chi connectivity index (χ1v) is 42.6. The molecule has 1 aliphatic rings. The molecule has 37 nitrogen and oxygen atoms in total. The van der Waals surface area contributed by atoms with Crippen LogP contribution in [0, 0.1) is 65.1 Å². The molecule has 1 saturated heterocycles. The normalized spacial score (nSPS) is 28.0. The summed E-state index contributed by atoms with van der Waals surface area (Å²) in [6, 6.07) is -21.2. The largest absolute Gasteiger partial charge is 0.391 e. The van der Waals surface area contributed by atoms with Crippen LogP contribution in [0.2, 0.25) is 0 Å². The number of amides is 18. The van der Waals surface area contributed by atoms with E-state index in [4.69, 9.17) is 0 Å². The van der Waals surface area contributed by atoms with E-state index >= 15 is 0 Å². The number of aliphatic hydroxyl groups is 1. The Labute approximate surface area is 724 Å². The van der Waals surface area contributed by atoms with Gasteiger partial charge in [-0.1, -0.05) is 152 Å². The zero-order valence-corrected chi connectivity index (χ0v) is 79.8. The molecule has 1 heterocycles. The number of aliphatic hydroxyl groups excluding tert-OH is 1. The van der Waals surface area contributed by atoms with Crippen molar-refractivity contribution in [2.45, 2.75) is 290 Å². The van der Waals surface area contributed by atoms with Crippen LogP contribution >= 0.6 is 0 Å². The van der Waals surface area contributed by atoms with Crippen molar-refractivity contribution >= 4 is 106 Å². The molecule has 9 N–H and O–H groups in total. The fraction of sp³-hybridized carbons (Fsp3) is 0.788. The molecular formula is C85H152N18O19. The molecule has 0 aromatic heterocycles. The van der Waals surface area contributed by atoms with Crippen molar-refractivity contribution in [3.63, 3.8) is 0 Å². The second-order valence-corrected chi connectivity index (χ2v) is 36.9. The van der Waals surface area contributed by atoms with Crippen molar-refractivity contribution in [1.29, 1.82) is 0 Å². The summed E-state index contributed by atoms with van der Waals surface area (Å²) in [5.74, 6) is -20.6. The van der Waals surface area contributed by atoms with Crippen molar-refractivity contribution in [2.24, 2.45) is 65.1 Å². The molecule has 0 spiro atoms. The van der Waals surface area contributed by atoms with Crippen molar-refractivity contribution in [3.8, 4) is 0 Å². The maximum absolute atomic E-state index is 14.9. The lowest BCUT2D eigenvalue weighted by Gasteiger charge is -2.38. The minimum absolute atomic E-state index is 0.575. The first-order valence-electron chi connectivity index (χ1n) is 42.6. The zero-order chi connectivity index (χ0) is 95.4. The number of carbonyl (C=O) groups is 18. The summed E-state index contributed by atoms with van der Waals surface area (Å²) in [6.45, 7) is 42.0. The Morgan fingerprint density at radius 2 is 0.443 bits per heavy atom. The van der Waals surface area contributed by atoms with Crippen LogP contribution in [0.15, 0.2) is 0 Å². The number of rotatable bonds is 12. The molecule has 1 rings (SSSR count). The fourth-order valence-electron chi connectivity index (χ4n) is 15.5. The van der Waals surface area contributed by atoms with Gasteiger partial charge in [0.05, 0.1) is 19.2 Å². The molecule has 0 aliphatic carbocycles. The number of likely N-dealkylation sites (N-methyl/N-ethyl adjacent to an activating group) is 10. The SMILES string of the molecule is CC(C)[C@@H]1NC(=O)[C@H](C(C)C)N(C)C(=O)[C@H](C)NC(=O)[C@H](C(C)C)N(C)C(=O)[C@H](C(C)C)NC(=O)[C@H](C(C)C)N(C)C(=O)[C@H](C(C)C)NC(=O)[C@H](C(C)C)N(C)C(=O)[C@H](C(C)O)NC(=O)[C@H](C(C)C)N(C)C(=O)[C@H](C)NC(=O)[C@H](C(C)C)N(C)C(=O)[C@H](C)NC(=O)CN(C)C(=O)[C@H](C(C)C)NC(=O)[C@H](C)N(C)C(=O)[C@H](C(C)C)N(C)C(=O)CN(C)C1=O. The number of nitrogens with zero attached hydrogens (tertiary/aromatic N) is 10. The van der Waals surface area contributed by atoms with E-state index in [1.165, 1.54) is 105 Å². The lowest BCUT2D eigenvalue weighted by molar-refractivity contribution is -0.151. The monoisotopic (exact) mass is 1730 g/mol. The maximum Gasteiger partial charge on any atom is 0.248 e. The van der Waals surface area contributed by atoms with Gasteiger partial charge in [-0.15, -0.1) is 0 Å². The van der Waals surface area contributed by atoms with Crippen molar-refractivity contribution in [3.05, 3.63) is 0 Å². The van der Waals surface area contributed by atoms with Crippen molar-refractivity contribution < 1.29 is 91.4 Å². The molecule has 696 valence electrons. The van der Waals surface area contributed by atoms with Crippen molar-refractivity contribution in [1.82, 2.24) is 91.5 Å². The van der Waals surface area contributed by atoms with E-state index in [9.17, 15) is 91.4 Å². The van der Waals surface area contributed by atoms with Crippen LogP contribution in [-0.4, -0.2) is 347 Å². The van der Waals surface area contributed by atoms with Crippen molar-refractivity contribution in [2.75, 3.05) is 83.6 Å². The lowest BCUT2D eigenvalue weighted by Crippen LogP contribution is -2.64. The number of hydrogen-bond donors (Lipinski definition) is 9. The highest BCUT2D eigenvalue weighted by atomic mass is 16.3. The van der Waals surface area contributed by atoms with E-state index in [2.05, 4.69) is 42.5 Å². The van der Waals surface area contributed by atoms with Gasteiger partial charge in [0.1, 0.15) is 96.7 Å².